The zero-order valence-corrected chi connectivity index (χ0v) is 11.2. The lowest BCUT2D eigenvalue weighted by Gasteiger charge is -2.27. The average molecular weight is 287 g/mol. The number of fused-ring (bicyclic) bond motifs is 1. The van der Waals surface area contributed by atoms with Crippen molar-refractivity contribution in [1.82, 2.24) is 19.6 Å². The minimum atomic E-state index is -2.60. The summed E-state index contributed by atoms with van der Waals surface area (Å²) < 4.78 is 28.5. The normalized spacial score (nSPS) is 22.1. The molecule has 1 fully saturated rings. The molecule has 2 N–H and O–H groups in total. The van der Waals surface area contributed by atoms with Crippen molar-refractivity contribution in [2.24, 2.45) is 0 Å². The molecule has 3 rings (SSSR count). The van der Waals surface area contributed by atoms with Gasteiger partial charge in [0, 0.05) is 31.2 Å². The summed E-state index contributed by atoms with van der Waals surface area (Å²) in [7, 11) is 0. The molecule has 0 unspecified atom stereocenters. The van der Waals surface area contributed by atoms with Gasteiger partial charge in [-0.15, -0.1) is 10.2 Å². The number of rotatable bonds is 1. The Balaban J connectivity index is 0.00000133. The smallest absolute Gasteiger partial charge is 0.248 e. The molecule has 0 saturated heterocycles. The summed E-state index contributed by atoms with van der Waals surface area (Å²) in [4.78, 5) is 3.90. The van der Waals surface area contributed by atoms with Gasteiger partial charge in [-0.05, 0) is 12.8 Å². The highest BCUT2D eigenvalue weighted by atomic mass is 32.1. The Bertz CT molecular complexity index is 585. The quantitative estimate of drug-likeness (QED) is 0.872. The molecule has 2 aromatic rings. The summed E-state index contributed by atoms with van der Waals surface area (Å²) in [6.45, 7) is 0. The van der Waals surface area contributed by atoms with E-state index in [2.05, 4.69) is 15.2 Å². The van der Waals surface area contributed by atoms with Crippen molar-refractivity contribution >= 4 is 25.0 Å². The van der Waals surface area contributed by atoms with Crippen LogP contribution in [0.5, 0.6) is 0 Å². The third-order valence-corrected chi connectivity index (χ3v) is 3.39. The molecule has 1 atom stereocenters. The average Bonchev–Trinajstić information content (AvgIpc) is 2.73. The summed E-state index contributed by atoms with van der Waals surface area (Å²) in [5.74, 6) is -2.06. The van der Waals surface area contributed by atoms with Gasteiger partial charge in [0.15, 0.2) is 5.82 Å². The molecular formula is C11H15F2N5S. The molecule has 19 heavy (non-hydrogen) atoms. The fourth-order valence-electron chi connectivity index (χ4n) is 2.53. The Labute approximate surface area is 115 Å². The van der Waals surface area contributed by atoms with Crippen molar-refractivity contribution in [3.05, 3.63) is 18.2 Å². The molecule has 0 aromatic carbocycles. The molecule has 0 radical (unpaired) electrons. The lowest BCUT2D eigenvalue weighted by atomic mass is 9.86. The van der Waals surface area contributed by atoms with E-state index in [1.807, 2.05) is 0 Å². The van der Waals surface area contributed by atoms with E-state index < -0.39 is 5.92 Å². The number of nitrogen functional groups attached to an aromatic ring is 1. The van der Waals surface area contributed by atoms with Gasteiger partial charge in [0.05, 0.1) is 0 Å². The van der Waals surface area contributed by atoms with Crippen molar-refractivity contribution in [1.29, 1.82) is 0 Å². The Morgan fingerprint density at radius 3 is 2.89 bits per heavy atom. The van der Waals surface area contributed by atoms with Crippen LogP contribution in [-0.4, -0.2) is 25.5 Å². The molecule has 104 valence electrons. The van der Waals surface area contributed by atoms with Crippen LogP contribution >= 0.6 is 13.5 Å². The molecule has 8 heteroatoms. The standard InChI is InChI=1S/C11H13F2N5.H2S/c12-11(13)3-1-2-7(6-11)9-16-17-10-8(14)15-4-5-18(9)10;/h4-5,7H,1-3,6H2,(H2,14,15);1H2/t7-;/m0./s1. The van der Waals surface area contributed by atoms with E-state index in [0.717, 1.165) is 0 Å². The first-order valence-electron chi connectivity index (χ1n) is 5.90. The van der Waals surface area contributed by atoms with Gasteiger partial charge in [0.25, 0.3) is 0 Å². The maximum Gasteiger partial charge on any atom is 0.248 e. The first-order chi connectivity index (χ1) is 8.57. The molecule has 1 aliphatic rings. The van der Waals surface area contributed by atoms with Gasteiger partial charge >= 0.3 is 0 Å². The van der Waals surface area contributed by atoms with Crippen LogP contribution in [0.2, 0.25) is 0 Å². The molecule has 5 nitrogen and oxygen atoms in total. The van der Waals surface area contributed by atoms with Crippen molar-refractivity contribution in [3.63, 3.8) is 0 Å². The van der Waals surface area contributed by atoms with E-state index in [-0.39, 0.29) is 38.1 Å². The van der Waals surface area contributed by atoms with Crippen LogP contribution in [0, 0.1) is 0 Å². The van der Waals surface area contributed by atoms with Crippen LogP contribution in [0.25, 0.3) is 5.65 Å². The molecule has 2 heterocycles. The first-order valence-corrected chi connectivity index (χ1v) is 5.90. The fourth-order valence-corrected chi connectivity index (χ4v) is 2.53. The Morgan fingerprint density at radius 2 is 2.16 bits per heavy atom. The lowest BCUT2D eigenvalue weighted by molar-refractivity contribution is -0.0418. The van der Waals surface area contributed by atoms with Gasteiger partial charge in [-0.2, -0.15) is 13.5 Å². The summed E-state index contributed by atoms with van der Waals surface area (Å²) in [6.07, 6.45) is 4.19. The van der Waals surface area contributed by atoms with Crippen LogP contribution in [0.3, 0.4) is 0 Å². The van der Waals surface area contributed by atoms with Crippen LogP contribution in [0.15, 0.2) is 12.4 Å². The molecule has 0 spiro atoms. The summed E-state index contributed by atoms with van der Waals surface area (Å²) in [6, 6.07) is 0. The number of halogens is 2. The van der Waals surface area contributed by atoms with Crippen LogP contribution in [0.4, 0.5) is 14.6 Å². The second kappa shape index (κ2) is 4.92. The Kier molecular flexibility index (Phi) is 3.62. The van der Waals surface area contributed by atoms with Crippen LogP contribution in [0.1, 0.15) is 37.4 Å². The van der Waals surface area contributed by atoms with E-state index in [0.29, 0.717) is 24.3 Å². The number of nitrogens with zero attached hydrogens (tertiary/aromatic N) is 4. The third kappa shape index (κ3) is 2.49. The number of alkyl halides is 2. The van der Waals surface area contributed by atoms with Gasteiger partial charge in [-0.25, -0.2) is 13.8 Å². The summed E-state index contributed by atoms with van der Waals surface area (Å²) in [5, 5.41) is 7.93. The second-order valence-electron chi connectivity index (χ2n) is 4.71. The Hall–Kier alpha value is -1.44. The second-order valence-corrected chi connectivity index (χ2v) is 4.71. The van der Waals surface area contributed by atoms with Gasteiger partial charge < -0.3 is 5.73 Å². The van der Waals surface area contributed by atoms with Crippen molar-refractivity contribution in [2.75, 3.05) is 5.73 Å². The first kappa shape index (κ1) is 14.0. The SMILES string of the molecule is Nc1nccn2c([C@H]3CCCC(F)(F)C3)nnc12.S. The van der Waals surface area contributed by atoms with E-state index in [1.165, 1.54) is 6.20 Å². The minimum absolute atomic E-state index is 0. The fraction of sp³-hybridized carbons (Fsp3) is 0.545. The van der Waals surface area contributed by atoms with Crippen molar-refractivity contribution < 1.29 is 8.78 Å². The molecule has 1 saturated carbocycles. The monoisotopic (exact) mass is 287 g/mol. The third-order valence-electron chi connectivity index (χ3n) is 3.39. The molecular weight excluding hydrogens is 272 g/mol. The van der Waals surface area contributed by atoms with Crippen molar-refractivity contribution in [3.8, 4) is 0 Å². The topological polar surface area (TPSA) is 69.1 Å². The van der Waals surface area contributed by atoms with E-state index in [9.17, 15) is 8.78 Å². The molecule has 0 amide bonds. The molecule has 0 bridgehead atoms. The highest BCUT2D eigenvalue weighted by Gasteiger charge is 2.38. The predicted octanol–water partition coefficient (Wildman–Crippen LogP) is 2.11. The molecule has 0 aliphatic heterocycles. The summed E-state index contributed by atoms with van der Waals surface area (Å²) in [5.41, 5.74) is 6.10. The number of hydrogen-bond donors (Lipinski definition) is 1. The highest BCUT2D eigenvalue weighted by molar-refractivity contribution is 7.59. The van der Waals surface area contributed by atoms with Crippen LogP contribution in [-0.2, 0) is 0 Å². The van der Waals surface area contributed by atoms with Gasteiger partial charge in [0.2, 0.25) is 11.6 Å². The summed E-state index contributed by atoms with van der Waals surface area (Å²) >= 11 is 0. The predicted molar refractivity (Wildman–Crippen MR) is 71.7 cm³/mol. The minimum Gasteiger partial charge on any atom is -0.381 e. The van der Waals surface area contributed by atoms with Crippen LogP contribution < -0.4 is 5.73 Å². The van der Waals surface area contributed by atoms with Gasteiger partial charge in [-0.3, -0.25) is 4.40 Å². The lowest BCUT2D eigenvalue weighted by Crippen LogP contribution is -2.26. The Morgan fingerprint density at radius 1 is 1.37 bits per heavy atom. The zero-order chi connectivity index (χ0) is 12.8. The number of hydrogen-bond acceptors (Lipinski definition) is 4. The van der Waals surface area contributed by atoms with Gasteiger partial charge in [0.1, 0.15) is 5.82 Å². The highest BCUT2D eigenvalue weighted by Crippen LogP contribution is 2.41. The van der Waals surface area contributed by atoms with E-state index in [1.54, 1.807) is 10.6 Å². The maximum atomic E-state index is 13.4. The van der Waals surface area contributed by atoms with Gasteiger partial charge in [-0.1, -0.05) is 0 Å². The number of nitrogens with two attached hydrogens (primary N) is 1. The molecule has 2 aromatic heterocycles. The zero-order valence-electron chi connectivity index (χ0n) is 10.2. The maximum absolute atomic E-state index is 13.4. The van der Waals surface area contributed by atoms with E-state index in [4.69, 9.17) is 5.73 Å². The van der Waals surface area contributed by atoms with E-state index >= 15 is 0 Å². The molecule has 1 aliphatic carbocycles. The van der Waals surface area contributed by atoms with Crippen molar-refractivity contribution in [2.45, 2.75) is 37.5 Å². The largest absolute Gasteiger partial charge is 0.381 e. The number of aromatic nitrogens is 4. The number of anilines is 1.